The largest absolute Gasteiger partial charge is 0.371 e. The molecule has 0 saturated heterocycles. The molecule has 4 nitrogen and oxygen atoms in total. The number of nitrogens with two attached hydrogens (primary N) is 1. The van der Waals surface area contributed by atoms with Crippen molar-refractivity contribution >= 4 is 0 Å². The van der Waals surface area contributed by atoms with E-state index >= 15 is 0 Å². The molecule has 1 unspecified atom stereocenters. The normalized spacial score (nSPS) is 20.2. The highest BCUT2D eigenvalue weighted by molar-refractivity contribution is 4.76. The quantitative estimate of drug-likeness (QED) is 0.313. The first kappa shape index (κ1) is 7.84. The molecule has 0 aromatic rings. The van der Waals surface area contributed by atoms with Gasteiger partial charge in [-0.25, -0.2) is 0 Å². The van der Waals surface area contributed by atoms with Crippen LogP contribution in [0.5, 0.6) is 0 Å². The highest BCUT2D eigenvalue weighted by Crippen LogP contribution is 2.10. The van der Waals surface area contributed by atoms with Crippen molar-refractivity contribution < 1.29 is 15.3 Å². The molecule has 0 aromatic heterocycles. The Morgan fingerprint density at radius 1 is 1.12 bits per heavy atom. The van der Waals surface area contributed by atoms with Gasteiger partial charge in [0.15, 0.2) is 5.72 Å². The molecule has 0 heterocycles. The maximum Gasteiger partial charge on any atom is 0.203 e. The van der Waals surface area contributed by atoms with Gasteiger partial charge in [0.05, 0.1) is 0 Å². The van der Waals surface area contributed by atoms with Crippen LogP contribution < -0.4 is 5.73 Å². The molecule has 0 saturated carbocycles. The standard InChI is InChI=1S/C4H11NO3/c1-3(5,6)4(2,7)8/h6-8H,5H2,1-2H3. The van der Waals surface area contributed by atoms with Gasteiger partial charge in [0.25, 0.3) is 0 Å². The fourth-order valence-corrected chi connectivity index (χ4v) is 0. The molecule has 5 N–H and O–H groups in total. The molecule has 0 aliphatic rings. The van der Waals surface area contributed by atoms with Crippen LogP contribution in [-0.4, -0.2) is 26.8 Å². The van der Waals surface area contributed by atoms with Crippen molar-refractivity contribution in [2.75, 3.05) is 0 Å². The Bertz CT molecular complexity index is 66.3. The van der Waals surface area contributed by atoms with Crippen LogP contribution in [0.4, 0.5) is 0 Å². The molecule has 1 atom stereocenters. The summed E-state index contributed by atoms with van der Waals surface area (Å²) < 4.78 is 0. The van der Waals surface area contributed by atoms with Crippen LogP contribution in [0.25, 0.3) is 0 Å². The molecular formula is C4H11NO3. The summed E-state index contributed by atoms with van der Waals surface area (Å²) in [5, 5.41) is 25.7. The van der Waals surface area contributed by atoms with Gasteiger partial charge < -0.3 is 15.3 Å². The summed E-state index contributed by atoms with van der Waals surface area (Å²) in [5.74, 6) is -2.23. The Hall–Kier alpha value is -0.160. The lowest BCUT2D eigenvalue weighted by Gasteiger charge is -2.29. The molecule has 0 aliphatic heterocycles. The second kappa shape index (κ2) is 1.66. The van der Waals surface area contributed by atoms with E-state index in [9.17, 15) is 0 Å². The number of rotatable bonds is 1. The van der Waals surface area contributed by atoms with Crippen LogP contribution in [0.15, 0.2) is 0 Å². The van der Waals surface area contributed by atoms with Gasteiger partial charge in [-0.2, -0.15) is 0 Å². The van der Waals surface area contributed by atoms with Crippen LogP contribution in [0, 0.1) is 0 Å². The Balaban J connectivity index is 4.02. The van der Waals surface area contributed by atoms with Crippen molar-refractivity contribution in [3.63, 3.8) is 0 Å². The van der Waals surface area contributed by atoms with E-state index in [4.69, 9.17) is 21.1 Å². The van der Waals surface area contributed by atoms with Gasteiger partial charge in [-0.05, 0) is 13.8 Å². The Kier molecular flexibility index (Phi) is 1.63. The molecular weight excluding hydrogens is 110 g/mol. The predicted molar refractivity (Wildman–Crippen MR) is 27.7 cm³/mol. The zero-order chi connectivity index (χ0) is 7.00. The van der Waals surface area contributed by atoms with Gasteiger partial charge >= 0.3 is 0 Å². The van der Waals surface area contributed by atoms with E-state index in [0.29, 0.717) is 0 Å². The molecule has 0 amide bonds. The van der Waals surface area contributed by atoms with Gasteiger partial charge in [-0.15, -0.1) is 0 Å². The van der Waals surface area contributed by atoms with Crippen molar-refractivity contribution in [2.24, 2.45) is 5.73 Å². The summed E-state index contributed by atoms with van der Waals surface area (Å²) in [7, 11) is 0. The predicted octanol–water partition coefficient (Wildman–Crippen LogP) is -1.65. The first-order valence-electron chi connectivity index (χ1n) is 2.21. The minimum Gasteiger partial charge on any atom is -0.371 e. The van der Waals surface area contributed by atoms with Crippen molar-refractivity contribution in [2.45, 2.75) is 25.4 Å². The lowest BCUT2D eigenvalue weighted by atomic mass is 10.1. The summed E-state index contributed by atoms with van der Waals surface area (Å²) >= 11 is 0. The average molecular weight is 121 g/mol. The Labute approximate surface area is 47.6 Å². The maximum atomic E-state index is 8.63. The molecule has 8 heavy (non-hydrogen) atoms. The van der Waals surface area contributed by atoms with Crippen molar-refractivity contribution in [1.82, 2.24) is 0 Å². The van der Waals surface area contributed by atoms with Crippen LogP contribution in [0.3, 0.4) is 0 Å². The average Bonchev–Trinajstić information content (AvgIpc) is 1.25. The van der Waals surface area contributed by atoms with Gasteiger partial charge in [-0.3, -0.25) is 5.73 Å². The lowest BCUT2D eigenvalue weighted by molar-refractivity contribution is -0.254. The van der Waals surface area contributed by atoms with Crippen LogP contribution in [0.2, 0.25) is 0 Å². The van der Waals surface area contributed by atoms with E-state index in [-0.39, 0.29) is 0 Å². The van der Waals surface area contributed by atoms with E-state index in [2.05, 4.69) is 0 Å². The van der Waals surface area contributed by atoms with Gasteiger partial charge in [0.2, 0.25) is 5.79 Å². The Morgan fingerprint density at radius 2 is 1.25 bits per heavy atom. The maximum absolute atomic E-state index is 8.63. The first-order valence-corrected chi connectivity index (χ1v) is 2.21. The van der Waals surface area contributed by atoms with E-state index in [1.165, 1.54) is 0 Å². The summed E-state index contributed by atoms with van der Waals surface area (Å²) in [6.45, 7) is 2.11. The van der Waals surface area contributed by atoms with Crippen molar-refractivity contribution in [1.29, 1.82) is 0 Å². The van der Waals surface area contributed by atoms with Gasteiger partial charge in [-0.1, -0.05) is 0 Å². The number of hydrogen-bond acceptors (Lipinski definition) is 4. The Morgan fingerprint density at radius 3 is 1.25 bits per heavy atom. The summed E-state index contributed by atoms with van der Waals surface area (Å²) in [4.78, 5) is 0. The van der Waals surface area contributed by atoms with Crippen LogP contribution >= 0.6 is 0 Å². The third-order valence-electron chi connectivity index (χ3n) is 0.959. The topological polar surface area (TPSA) is 86.7 Å². The highest BCUT2D eigenvalue weighted by atomic mass is 16.5. The summed E-state index contributed by atoms with van der Waals surface area (Å²) in [6.07, 6.45) is 0. The van der Waals surface area contributed by atoms with Gasteiger partial charge in [0.1, 0.15) is 0 Å². The van der Waals surface area contributed by atoms with Crippen LogP contribution in [-0.2, 0) is 0 Å². The zero-order valence-corrected chi connectivity index (χ0v) is 4.92. The second-order valence-electron chi connectivity index (χ2n) is 2.17. The second-order valence-corrected chi connectivity index (χ2v) is 2.17. The molecule has 50 valence electrons. The minimum atomic E-state index is -2.23. The first-order chi connectivity index (χ1) is 3.25. The van der Waals surface area contributed by atoms with Gasteiger partial charge in [0, 0.05) is 0 Å². The van der Waals surface area contributed by atoms with Crippen molar-refractivity contribution in [3.8, 4) is 0 Å². The molecule has 0 aliphatic carbocycles. The summed E-state index contributed by atoms with van der Waals surface area (Å²) in [6, 6.07) is 0. The van der Waals surface area contributed by atoms with E-state index in [1.807, 2.05) is 0 Å². The van der Waals surface area contributed by atoms with E-state index in [0.717, 1.165) is 13.8 Å². The lowest BCUT2D eigenvalue weighted by Crippen LogP contribution is -2.56. The molecule has 0 radical (unpaired) electrons. The fourth-order valence-electron chi connectivity index (χ4n) is 0. The molecule has 0 bridgehead atoms. The van der Waals surface area contributed by atoms with Crippen molar-refractivity contribution in [3.05, 3.63) is 0 Å². The van der Waals surface area contributed by atoms with E-state index < -0.39 is 11.5 Å². The van der Waals surface area contributed by atoms with Crippen LogP contribution in [0.1, 0.15) is 13.8 Å². The minimum absolute atomic E-state index is 1.01. The molecule has 0 aromatic carbocycles. The third-order valence-corrected chi connectivity index (χ3v) is 0.959. The highest BCUT2D eigenvalue weighted by Gasteiger charge is 2.35. The number of hydrogen-bond donors (Lipinski definition) is 4. The zero-order valence-electron chi connectivity index (χ0n) is 4.92. The molecule has 0 fully saturated rings. The monoisotopic (exact) mass is 121 g/mol. The number of aliphatic hydroxyl groups is 3. The third kappa shape index (κ3) is 1.75. The fraction of sp³-hybridized carbons (Fsp3) is 1.00. The summed E-state index contributed by atoms with van der Waals surface area (Å²) in [5.41, 5.74) is 2.92. The molecule has 4 heteroatoms. The molecule has 0 rings (SSSR count). The SMILES string of the molecule is CC(N)(O)C(C)(O)O. The van der Waals surface area contributed by atoms with E-state index in [1.54, 1.807) is 0 Å². The smallest absolute Gasteiger partial charge is 0.203 e. The molecule has 0 spiro atoms.